The van der Waals surface area contributed by atoms with E-state index in [1.807, 2.05) is 0 Å². The third kappa shape index (κ3) is 5.03. The number of esters is 1. The number of ether oxygens (including phenoxy) is 3. The molecule has 28 heavy (non-hydrogen) atoms. The number of fused-ring (bicyclic) bond motifs is 1. The van der Waals surface area contributed by atoms with Crippen molar-refractivity contribution in [3.05, 3.63) is 52.5 Å². The van der Waals surface area contributed by atoms with Crippen molar-refractivity contribution in [2.45, 2.75) is 23.8 Å². The molecular weight excluding hydrogens is 450 g/mol. The summed E-state index contributed by atoms with van der Waals surface area (Å²) in [5.41, 5.74) is 0.645. The molecule has 0 saturated carbocycles. The largest absolute Gasteiger partial charge is 0.490 e. The van der Waals surface area contributed by atoms with Crippen molar-refractivity contribution in [1.82, 2.24) is 4.72 Å². The zero-order valence-corrected chi connectivity index (χ0v) is 17.6. The van der Waals surface area contributed by atoms with Crippen LogP contribution in [0.5, 0.6) is 11.5 Å². The normalized spacial score (nSPS) is 14.8. The van der Waals surface area contributed by atoms with Crippen LogP contribution in [0.25, 0.3) is 0 Å². The number of nitrogens with one attached hydrogen (secondary N) is 1. The van der Waals surface area contributed by atoms with E-state index in [2.05, 4.69) is 20.7 Å². The first-order valence-corrected chi connectivity index (χ1v) is 10.9. The first-order valence-electron chi connectivity index (χ1n) is 8.63. The van der Waals surface area contributed by atoms with Gasteiger partial charge in [0.1, 0.15) is 0 Å². The van der Waals surface area contributed by atoms with Crippen molar-refractivity contribution in [2.24, 2.45) is 0 Å². The first kappa shape index (κ1) is 20.6. The van der Waals surface area contributed by atoms with Crippen molar-refractivity contribution in [1.29, 1.82) is 0 Å². The summed E-state index contributed by atoms with van der Waals surface area (Å²) in [6.45, 7) is 0.968. The van der Waals surface area contributed by atoms with E-state index >= 15 is 0 Å². The maximum Gasteiger partial charge on any atom is 0.307 e. The minimum Gasteiger partial charge on any atom is -0.490 e. The minimum atomic E-state index is -3.92. The zero-order valence-electron chi connectivity index (χ0n) is 15.2. The standard InChI is InChI=1S/C19H20BrNO6S/c1-25-19(22)12-16(13-3-5-14(20)6-4-13)21-28(23,24)15-7-8-17-18(11-15)27-10-2-9-26-17/h3-8,11,16,21H,2,9-10,12H2,1H3/t16-/m1/s1. The Balaban J connectivity index is 1.89. The van der Waals surface area contributed by atoms with Gasteiger partial charge in [0.25, 0.3) is 0 Å². The van der Waals surface area contributed by atoms with Gasteiger partial charge in [-0.3, -0.25) is 4.79 Å². The summed E-state index contributed by atoms with van der Waals surface area (Å²) in [6.07, 6.45) is 0.585. The zero-order chi connectivity index (χ0) is 20.1. The Morgan fingerprint density at radius 2 is 1.82 bits per heavy atom. The number of hydrogen-bond donors (Lipinski definition) is 1. The average molecular weight is 470 g/mol. The Morgan fingerprint density at radius 3 is 2.50 bits per heavy atom. The van der Waals surface area contributed by atoms with Gasteiger partial charge in [-0.25, -0.2) is 13.1 Å². The lowest BCUT2D eigenvalue weighted by molar-refractivity contribution is -0.141. The molecule has 1 N–H and O–H groups in total. The summed E-state index contributed by atoms with van der Waals surface area (Å²) in [7, 11) is -2.66. The van der Waals surface area contributed by atoms with E-state index in [0.29, 0.717) is 30.3 Å². The second-order valence-corrected chi connectivity index (χ2v) is 8.79. The molecule has 150 valence electrons. The highest BCUT2D eigenvalue weighted by Gasteiger charge is 2.25. The number of rotatable bonds is 6. The maximum atomic E-state index is 13.0. The second kappa shape index (κ2) is 8.93. The fourth-order valence-corrected chi connectivity index (χ4v) is 4.24. The highest BCUT2D eigenvalue weighted by Crippen LogP contribution is 2.32. The molecule has 7 nitrogen and oxygen atoms in total. The molecule has 0 radical (unpaired) electrons. The molecule has 0 saturated heterocycles. The number of methoxy groups -OCH3 is 1. The van der Waals surface area contributed by atoms with Gasteiger partial charge in [0.2, 0.25) is 10.0 Å². The van der Waals surface area contributed by atoms with Crippen molar-refractivity contribution >= 4 is 31.9 Å². The van der Waals surface area contributed by atoms with Crippen LogP contribution in [0.4, 0.5) is 0 Å². The number of benzene rings is 2. The van der Waals surface area contributed by atoms with E-state index in [1.54, 1.807) is 30.3 Å². The lowest BCUT2D eigenvalue weighted by Crippen LogP contribution is -2.30. The quantitative estimate of drug-likeness (QED) is 0.653. The molecular formula is C19H20BrNO6S. The fraction of sp³-hybridized carbons (Fsp3) is 0.316. The number of carbonyl (C=O) groups excluding carboxylic acids is 1. The molecule has 0 aromatic heterocycles. The summed E-state index contributed by atoms with van der Waals surface area (Å²) >= 11 is 3.34. The lowest BCUT2D eigenvalue weighted by atomic mass is 10.1. The molecule has 1 heterocycles. The number of carbonyl (C=O) groups is 1. The molecule has 0 fully saturated rings. The van der Waals surface area contributed by atoms with Crippen molar-refractivity contribution in [3.63, 3.8) is 0 Å². The summed E-state index contributed by atoms with van der Waals surface area (Å²) in [6, 6.07) is 10.7. The highest BCUT2D eigenvalue weighted by molar-refractivity contribution is 9.10. The molecule has 0 aliphatic carbocycles. The summed E-state index contributed by atoms with van der Waals surface area (Å²) in [5, 5.41) is 0. The summed E-state index contributed by atoms with van der Waals surface area (Å²) in [5.74, 6) is 0.373. The van der Waals surface area contributed by atoms with E-state index in [0.717, 1.165) is 10.9 Å². The molecule has 0 amide bonds. The van der Waals surface area contributed by atoms with Gasteiger partial charge in [0.05, 0.1) is 37.7 Å². The Bertz CT molecular complexity index is 945. The summed E-state index contributed by atoms with van der Waals surface area (Å²) < 4.78 is 45.2. The van der Waals surface area contributed by atoms with Gasteiger partial charge < -0.3 is 14.2 Å². The molecule has 0 unspecified atom stereocenters. The van der Waals surface area contributed by atoms with Crippen LogP contribution in [-0.4, -0.2) is 34.7 Å². The Morgan fingerprint density at radius 1 is 1.14 bits per heavy atom. The molecule has 2 aromatic carbocycles. The molecule has 1 aliphatic heterocycles. The SMILES string of the molecule is COC(=O)C[C@@H](NS(=O)(=O)c1ccc2c(c1)OCCCO2)c1ccc(Br)cc1. The van der Waals surface area contributed by atoms with Crippen LogP contribution in [0, 0.1) is 0 Å². The number of halogens is 1. The van der Waals surface area contributed by atoms with Crippen molar-refractivity contribution < 1.29 is 27.4 Å². The van der Waals surface area contributed by atoms with Gasteiger partial charge in [-0.15, -0.1) is 0 Å². The van der Waals surface area contributed by atoms with E-state index in [4.69, 9.17) is 14.2 Å². The van der Waals surface area contributed by atoms with E-state index < -0.39 is 22.0 Å². The third-order valence-electron chi connectivity index (χ3n) is 4.20. The predicted octanol–water partition coefficient (Wildman–Crippen LogP) is 3.19. The van der Waals surface area contributed by atoms with E-state index in [1.165, 1.54) is 19.2 Å². The first-order chi connectivity index (χ1) is 13.4. The van der Waals surface area contributed by atoms with Crippen LogP contribution < -0.4 is 14.2 Å². The van der Waals surface area contributed by atoms with Crippen LogP contribution in [0.2, 0.25) is 0 Å². The smallest absolute Gasteiger partial charge is 0.307 e. The van der Waals surface area contributed by atoms with Gasteiger partial charge in [0, 0.05) is 17.0 Å². The van der Waals surface area contributed by atoms with Crippen LogP contribution in [-0.2, 0) is 19.6 Å². The molecule has 9 heteroatoms. The van der Waals surface area contributed by atoms with Crippen LogP contribution >= 0.6 is 15.9 Å². The molecule has 3 rings (SSSR count). The Kier molecular flexibility index (Phi) is 6.58. The van der Waals surface area contributed by atoms with E-state index in [-0.39, 0.29) is 11.3 Å². The van der Waals surface area contributed by atoms with Crippen LogP contribution in [0.15, 0.2) is 51.8 Å². The van der Waals surface area contributed by atoms with Gasteiger partial charge in [-0.1, -0.05) is 28.1 Å². The van der Waals surface area contributed by atoms with Crippen LogP contribution in [0.1, 0.15) is 24.4 Å². The summed E-state index contributed by atoms with van der Waals surface area (Å²) in [4.78, 5) is 11.8. The third-order valence-corrected chi connectivity index (χ3v) is 6.20. The minimum absolute atomic E-state index is 0.0312. The molecule has 1 aliphatic rings. The molecule has 2 aromatic rings. The average Bonchev–Trinajstić information content (AvgIpc) is 2.92. The van der Waals surface area contributed by atoms with Crippen molar-refractivity contribution in [2.75, 3.05) is 20.3 Å². The number of sulfonamides is 1. The predicted molar refractivity (Wildman–Crippen MR) is 106 cm³/mol. The van der Waals surface area contributed by atoms with Crippen LogP contribution in [0.3, 0.4) is 0 Å². The van der Waals surface area contributed by atoms with Gasteiger partial charge in [-0.05, 0) is 29.8 Å². The number of hydrogen-bond acceptors (Lipinski definition) is 6. The maximum absolute atomic E-state index is 13.0. The van der Waals surface area contributed by atoms with Gasteiger partial charge in [-0.2, -0.15) is 0 Å². The molecule has 1 atom stereocenters. The fourth-order valence-electron chi connectivity index (χ4n) is 2.74. The Labute approximate surface area is 172 Å². The Hall–Kier alpha value is -2.10. The van der Waals surface area contributed by atoms with Crippen molar-refractivity contribution in [3.8, 4) is 11.5 Å². The second-order valence-electron chi connectivity index (χ2n) is 6.16. The lowest BCUT2D eigenvalue weighted by Gasteiger charge is -2.19. The van der Waals surface area contributed by atoms with E-state index in [9.17, 15) is 13.2 Å². The monoisotopic (exact) mass is 469 g/mol. The highest BCUT2D eigenvalue weighted by atomic mass is 79.9. The molecule has 0 spiro atoms. The molecule has 0 bridgehead atoms. The topological polar surface area (TPSA) is 90.9 Å². The van der Waals surface area contributed by atoms with Gasteiger partial charge >= 0.3 is 5.97 Å². The van der Waals surface area contributed by atoms with Gasteiger partial charge in [0.15, 0.2) is 11.5 Å².